The zero-order valence-electron chi connectivity index (χ0n) is 18.2. The van der Waals surface area contributed by atoms with E-state index in [1.165, 1.54) is 49.8 Å². The molecule has 2 amide bonds. The molecule has 6 nitrogen and oxygen atoms in total. The highest BCUT2D eigenvalue weighted by Gasteiger charge is 2.18. The molecule has 0 heterocycles. The molecule has 0 fully saturated rings. The van der Waals surface area contributed by atoms with E-state index in [0.29, 0.717) is 0 Å². The van der Waals surface area contributed by atoms with Crippen molar-refractivity contribution in [3.05, 3.63) is 12.3 Å². The topological polar surface area (TPSA) is 89.9 Å². The fraction of sp³-hybridized carbons (Fsp3) is 0.818. The van der Waals surface area contributed by atoms with Crippen LogP contribution < -0.4 is 5.32 Å². The first-order valence-electron chi connectivity index (χ1n) is 10.9. The Hall–Kier alpha value is -1.40. The average molecular weight is 399 g/mol. The first-order chi connectivity index (χ1) is 13.4. The van der Waals surface area contributed by atoms with Gasteiger partial charge in [0, 0.05) is 25.9 Å². The minimum atomic E-state index is -0.671. The standard InChI is InChI=1S/C22H42N2O4/c1-4-5-6-7-8-9-10-11-12-13-16-23-21(27)14-15-22(28)24(17-19(2)25)18-20(3)26/h13,16,19-20,25-26H,4-12,14-15,17-18H2,1-3H3,(H,23,27). The van der Waals surface area contributed by atoms with Crippen LogP contribution in [0.15, 0.2) is 12.3 Å². The summed E-state index contributed by atoms with van der Waals surface area (Å²) in [6, 6.07) is 0. The number of carbonyl (C=O) groups is 2. The zero-order chi connectivity index (χ0) is 21.2. The minimum Gasteiger partial charge on any atom is -0.392 e. The predicted octanol–water partition coefficient (Wildman–Crippen LogP) is 3.52. The number of nitrogens with zero attached hydrogens (tertiary/aromatic N) is 1. The van der Waals surface area contributed by atoms with Crippen LogP contribution in [0.2, 0.25) is 0 Å². The second kappa shape index (κ2) is 17.7. The highest BCUT2D eigenvalue weighted by molar-refractivity contribution is 5.84. The Labute approximate surface area is 171 Å². The van der Waals surface area contributed by atoms with Crippen LogP contribution in [-0.4, -0.2) is 52.2 Å². The van der Waals surface area contributed by atoms with E-state index < -0.39 is 12.2 Å². The molecule has 3 N–H and O–H groups in total. The SMILES string of the molecule is CCCCCCCCCCC=CNC(=O)CCC(=O)N(CC(C)O)CC(C)O. The van der Waals surface area contributed by atoms with Crippen molar-refractivity contribution in [1.29, 1.82) is 0 Å². The maximum atomic E-state index is 12.2. The maximum Gasteiger partial charge on any atom is 0.224 e. The number of aliphatic hydroxyl groups is 2. The molecule has 0 bridgehead atoms. The summed E-state index contributed by atoms with van der Waals surface area (Å²) in [5.74, 6) is -0.436. The zero-order valence-corrected chi connectivity index (χ0v) is 18.2. The smallest absolute Gasteiger partial charge is 0.224 e. The van der Waals surface area contributed by atoms with Gasteiger partial charge in [0.15, 0.2) is 0 Å². The molecule has 6 heteroatoms. The van der Waals surface area contributed by atoms with E-state index in [0.717, 1.165) is 12.8 Å². The van der Waals surface area contributed by atoms with E-state index in [9.17, 15) is 19.8 Å². The molecule has 164 valence electrons. The molecule has 2 unspecified atom stereocenters. The van der Waals surface area contributed by atoms with Crippen molar-refractivity contribution in [1.82, 2.24) is 10.2 Å². The number of unbranched alkanes of at least 4 members (excludes halogenated alkanes) is 8. The largest absolute Gasteiger partial charge is 0.392 e. The fourth-order valence-corrected chi connectivity index (χ4v) is 3.00. The number of rotatable bonds is 17. The Morgan fingerprint density at radius 1 is 0.893 bits per heavy atom. The Kier molecular flexibility index (Phi) is 16.8. The average Bonchev–Trinajstić information content (AvgIpc) is 2.62. The van der Waals surface area contributed by atoms with Gasteiger partial charge < -0.3 is 20.4 Å². The van der Waals surface area contributed by atoms with Crippen LogP contribution in [0.4, 0.5) is 0 Å². The first kappa shape index (κ1) is 26.6. The molecule has 0 rings (SSSR count). The van der Waals surface area contributed by atoms with E-state index in [4.69, 9.17) is 0 Å². The van der Waals surface area contributed by atoms with Crippen LogP contribution in [0, 0.1) is 0 Å². The second-order valence-electron chi connectivity index (χ2n) is 7.73. The van der Waals surface area contributed by atoms with Gasteiger partial charge in [-0.1, -0.05) is 57.9 Å². The van der Waals surface area contributed by atoms with Crippen LogP contribution >= 0.6 is 0 Å². The van der Waals surface area contributed by atoms with Gasteiger partial charge in [0.2, 0.25) is 11.8 Å². The summed E-state index contributed by atoms with van der Waals surface area (Å²) in [7, 11) is 0. The van der Waals surface area contributed by atoms with E-state index >= 15 is 0 Å². The summed E-state index contributed by atoms with van der Waals surface area (Å²) in [5, 5.41) is 21.6. The van der Waals surface area contributed by atoms with Crippen LogP contribution in [0.3, 0.4) is 0 Å². The predicted molar refractivity (Wildman–Crippen MR) is 114 cm³/mol. The van der Waals surface area contributed by atoms with Crippen molar-refractivity contribution >= 4 is 11.8 Å². The lowest BCUT2D eigenvalue weighted by atomic mass is 10.1. The summed E-state index contributed by atoms with van der Waals surface area (Å²) < 4.78 is 0. The van der Waals surface area contributed by atoms with Gasteiger partial charge in [-0.15, -0.1) is 0 Å². The van der Waals surface area contributed by atoms with Gasteiger partial charge in [-0.3, -0.25) is 9.59 Å². The number of allylic oxidation sites excluding steroid dienone is 1. The molecule has 0 aromatic heterocycles. The van der Waals surface area contributed by atoms with Crippen molar-refractivity contribution < 1.29 is 19.8 Å². The van der Waals surface area contributed by atoms with Crippen molar-refractivity contribution in [3.63, 3.8) is 0 Å². The number of hydrogen-bond acceptors (Lipinski definition) is 4. The molecule has 28 heavy (non-hydrogen) atoms. The third kappa shape index (κ3) is 16.8. The summed E-state index contributed by atoms with van der Waals surface area (Å²) >= 11 is 0. The molecule has 0 aliphatic carbocycles. The molecule has 0 saturated heterocycles. The molecule has 0 aromatic carbocycles. The number of amides is 2. The normalized spacial score (nSPS) is 13.5. The summed E-state index contributed by atoms with van der Waals surface area (Å²) in [6.07, 6.45) is 13.7. The maximum absolute atomic E-state index is 12.2. The van der Waals surface area contributed by atoms with E-state index in [-0.39, 0.29) is 37.7 Å². The van der Waals surface area contributed by atoms with Crippen LogP contribution in [-0.2, 0) is 9.59 Å². The molecular formula is C22H42N2O4. The highest BCUT2D eigenvalue weighted by Crippen LogP contribution is 2.09. The molecule has 0 radical (unpaired) electrons. The lowest BCUT2D eigenvalue weighted by Gasteiger charge is -2.25. The van der Waals surface area contributed by atoms with Crippen molar-refractivity contribution in [3.8, 4) is 0 Å². The highest BCUT2D eigenvalue weighted by atomic mass is 16.3. The van der Waals surface area contributed by atoms with Gasteiger partial charge in [-0.25, -0.2) is 0 Å². The van der Waals surface area contributed by atoms with E-state index in [1.54, 1.807) is 20.0 Å². The third-order valence-corrected chi connectivity index (χ3v) is 4.47. The number of aliphatic hydroxyl groups excluding tert-OH is 2. The number of carbonyl (C=O) groups excluding carboxylic acids is 2. The second-order valence-corrected chi connectivity index (χ2v) is 7.73. The molecule has 2 atom stereocenters. The van der Waals surface area contributed by atoms with Gasteiger partial charge in [0.05, 0.1) is 12.2 Å². The van der Waals surface area contributed by atoms with Crippen molar-refractivity contribution in [2.75, 3.05) is 13.1 Å². The Morgan fingerprint density at radius 3 is 1.96 bits per heavy atom. The van der Waals surface area contributed by atoms with Crippen LogP contribution in [0.1, 0.15) is 91.4 Å². The third-order valence-electron chi connectivity index (χ3n) is 4.47. The van der Waals surface area contributed by atoms with Gasteiger partial charge in [0.1, 0.15) is 0 Å². The van der Waals surface area contributed by atoms with Gasteiger partial charge in [0.25, 0.3) is 0 Å². The van der Waals surface area contributed by atoms with Crippen LogP contribution in [0.25, 0.3) is 0 Å². The van der Waals surface area contributed by atoms with Gasteiger partial charge >= 0.3 is 0 Å². The Morgan fingerprint density at radius 2 is 1.43 bits per heavy atom. The van der Waals surface area contributed by atoms with Gasteiger partial charge in [-0.05, 0) is 32.9 Å². The number of nitrogens with one attached hydrogen (secondary N) is 1. The van der Waals surface area contributed by atoms with Gasteiger partial charge in [-0.2, -0.15) is 0 Å². The molecule has 0 saturated carbocycles. The fourth-order valence-electron chi connectivity index (χ4n) is 3.00. The van der Waals surface area contributed by atoms with E-state index in [1.807, 2.05) is 6.08 Å². The minimum absolute atomic E-state index is 0.0666. The lowest BCUT2D eigenvalue weighted by molar-refractivity contribution is -0.135. The molecule has 0 aromatic rings. The monoisotopic (exact) mass is 398 g/mol. The molecule has 0 spiro atoms. The number of hydrogen-bond donors (Lipinski definition) is 3. The lowest BCUT2D eigenvalue weighted by Crippen LogP contribution is -2.41. The molecule has 0 aliphatic heterocycles. The summed E-state index contributed by atoms with van der Waals surface area (Å²) in [5.41, 5.74) is 0. The molecular weight excluding hydrogens is 356 g/mol. The van der Waals surface area contributed by atoms with Crippen molar-refractivity contribution in [2.24, 2.45) is 0 Å². The summed E-state index contributed by atoms with van der Waals surface area (Å²) in [6.45, 7) is 5.72. The van der Waals surface area contributed by atoms with E-state index in [2.05, 4.69) is 12.2 Å². The van der Waals surface area contributed by atoms with Crippen molar-refractivity contribution in [2.45, 2.75) is 104 Å². The summed E-state index contributed by atoms with van der Waals surface area (Å²) in [4.78, 5) is 25.4. The van der Waals surface area contributed by atoms with Crippen LogP contribution in [0.5, 0.6) is 0 Å². The Bertz CT molecular complexity index is 426. The molecule has 0 aliphatic rings. The first-order valence-corrected chi connectivity index (χ1v) is 10.9. The Balaban J connectivity index is 3.84. The quantitative estimate of drug-likeness (QED) is 0.327.